The van der Waals surface area contributed by atoms with Gasteiger partial charge in [-0.25, -0.2) is 0 Å². The Labute approximate surface area is 140 Å². The van der Waals surface area contributed by atoms with Crippen molar-refractivity contribution in [3.05, 3.63) is 0 Å². The van der Waals surface area contributed by atoms with Gasteiger partial charge in [0.15, 0.2) is 0 Å². The zero-order valence-corrected chi connectivity index (χ0v) is 14.8. The van der Waals surface area contributed by atoms with Crippen molar-refractivity contribution in [2.24, 2.45) is 17.8 Å². The Bertz CT molecular complexity index is 416. The van der Waals surface area contributed by atoms with Crippen molar-refractivity contribution in [3.8, 4) is 0 Å². The van der Waals surface area contributed by atoms with Crippen molar-refractivity contribution in [2.45, 2.75) is 58.9 Å². The number of carboxylic acids is 1. The molecule has 0 spiro atoms. The lowest BCUT2D eigenvalue weighted by atomic mass is 9.90. The van der Waals surface area contributed by atoms with Gasteiger partial charge in [-0.2, -0.15) is 0 Å². The minimum atomic E-state index is -0.720. The van der Waals surface area contributed by atoms with E-state index in [1.165, 1.54) is 6.42 Å². The number of likely N-dealkylation sites (tertiary alicyclic amines) is 2. The highest BCUT2D eigenvalue weighted by Gasteiger charge is 2.33. The van der Waals surface area contributed by atoms with Crippen molar-refractivity contribution in [3.63, 3.8) is 0 Å². The maximum atomic E-state index is 12.9. The van der Waals surface area contributed by atoms with Gasteiger partial charge in [0.1, 0.15) is 0 Å². The van der Waals surface area contributed by atoms with E-state index in [2.05, 4.69) is 18.7 Å². The fraction of sp³-hybridized carbons (Fsp3) is 0.889. The number of amides is 1. The van der Waals surface area contributed by atoms with Crippen LogP contribution in [0.4, 0.5) is 0 Å². The van der Waals surface area contributed by atoms with Crippen LogP contribution in [0.5, 0.6) is 0 Å². The topological polar surface area (TPSA) is 60.9 Å². The average molecular weight is 324 g/mol. The second-order valence-electron chi connectivity index (χ2n) is 7.80. The van der Waals surface area contributed by atoms with Crippen LogP contribution in [0.2, 0.25) is 0 Å². The lowest BCUT2D eigenvalue weighted by molar-refractivity contribution is -0.140. The van der Waals surface area contributed by atoms with Crippen molar-refractivity contribution in [2.75, 3.05) is 26.2 Å². The van der Waals surface area contributed by atoms with E-state index in [0.717, 1.165) is 45.4 Å². The van der Waals surface area contributed by atoms with Crippen LogP contribution >= 0.6 is 0 Å². The first-order chi connectivity index (χ1) is 10.9. The SMILES string of the molecule is CC1CC(C)CN(C(=O)C(C)N2CCCC(CCC(=O)O)C2)C1. The molecule has 0 aromatic carbocycles. The van der Waals surface area contributed by atoms with E-state index < -0.39 is 5.97 Å². The highest BCUT2D eigenvalue weighted by atomic mass is 16.4. The number of carboxylic acid groups (broad SMARTS) is 1. The number of hydrogen-bond acceptors (Lipinski definition) is 3. The molecule has 132 valence electrons. The molecule has 1 N–H and O–H groups in total. The highest BCUT2D eigenvalue weighted by Crippen LogP contribution is 2.25. The molecule has 4 atom stereocenters. The first kappa shape index (κ1) is 18.2. The Morgan fingerprint density at radius 2 is 1.83 bits per heavy atom. The second kappa shape index (κ2) is 8.13. The quantitative estimate of drug-likeness (QED) is 0.844. The van der Waals surface area contributed by atoms with E-state index in [0.29, 0.717) is 17.8 Å². The van der Waals surface area contributed by atoms with Crippen LogP contribution in [0.1, 0.15) is 52.9 Å². The minimum Gasteiger partial charge on any atom is -0.481 e. The summed E-state index contributed by atoms with van der Waals surface area (Å²) >= 11 is 0. The Morgan fingerprint density at radius 1 is 1.17 bits per heavy atom. The van der Waals surface area contributed by atoms with Gasteiger partial charge in [0, 0.05) is 26.1 Å². The third-order valence-electron chi connectivity index (χ3n) is 5.40. The van der Waals surface area contributed by atoms with Gasteiger partial charge in [0.25, 0.3) is 0 Å². The summed E-state index contributed by atoms with van der Waals surface area (Å²) in [6.07, 6.45) is 4.32. The number of rotatable bonds is 5. The van der Waals surface area contributed by atoms with E-state index >= 15 is 0 Å². The van der Waals surface area contributed by atoms with Crippen LogP contribution in [0.15, 0.2) is 0 Å². The second-order valence-corrected chi connectivity index (χ2v) is 7.80. The van der Waals surface area contributed by atoms with Crippen LogP contribution in [0.3, 0.4) is 0 Å². The van der Waals surface area contributed by atoms with Crippen molar-refractivity contribution >= 4 is 11.9 Å². The van der Waals surface area contributed by atoms with Gasteiger partial charge in [-0.15, -0.1) is 0 Å². The first-order valence-corrected chi connectivity index (χ1v) is 9.11. The van der Waals surface area contributed by atoms with E-state index in [4.69, 9.17) is 5.11 Å². The zero-order chi connectivity index (χ0) is 17.0. The Balaban J connectivity index is 1.89. The summed E-state index contributed by atoms with van der Waals surface area (Å²) in [6.45, 7) is 10.0. The van der Waals surface area contributed by atoms with Gasteiger partial charge >= 0.3 is 5.97 Å². The largest absolute Gasteiger partial charge is 0.481 e. The van der Waals surface area contributed by atoms with Crippen molar-refractivity contribution in [1.29, 1.82) is 0 Å². The number of carbonyl (C=O) groups is 2. The van der Waals surface area contributed by atoms with Crippen LogP contribution in [-0.4, -0.2) is 59.0 Å². The van der Waals surface area contributed by atoms with Crippen molar-refractivity contribution < 1.29 is 14.7 Å². The van der Waals surface area contributed by atoms with Gasteiger partial charge in [-0.1, -0.05) is 13.8 Å². The molecule has 0 aromatic rings. The molecule has 4 unspecified atom stereocenters. The molecule has 2 aliphatic rings. The maximum Gasteiger partial charge on any atom is 0.303 e. The van der Waals surface area contributed by atoms with Crippen LogP contribution < -0.4 is 0 Å². The van der Waals surface area contributed by atoms with Crippen LogP contribution in [0, 0.1) is 17.8 Å². The van der Waals surface area contributed by atoms with Crippen LogP contribution in [0.25, 0.3) is 0 Å². The molecular formula is C18H32N2O3. The number of piperidine rings is 2. The molecule has 0 bridgehead atoms. The van der Waals surface area contributed by atoms with E-state index in [1.807, 2.05) is 11.8 Å². The molecule has 2 saturated heterocycles. The molecule has 0 aliphatic carbocycles. The number of aliphatic carboxylic acids is 1. The molecule has 23 heavy (non-hydrogen) atoms. The van der Waals surface area contributed by atoms with Gasteiger partial charge in [-0.05, 0) is 56.9 Å². The molecule has 5 nitrogen and oxygen atoms in total. The van der Waals surface area contributed by atoms with Crippen LogP contribution in [-0.2, 0) is 9.59 Å². The normalized spacial score (nSPS) is 30.9. The molecular weight excluding hydrogens is 292 g/mol. The van der Waals surface area contributed by atoms with E-state index in [-0.39, 0.29) is 18.4 Å². The van der Waals surface area contributed by atoms with Gasteiger partial charge in [0.05, 0.1) is 6.04 Å². The van der Waals surface area contributed by atoms with E-state index in [9.17, 15) is 9.59 Å². The van der Waals surface area contributed by atoms with Crippen molar-refractivity contribution in [1.82, 2.24) is 9.80 Å². The summed E-state index contributed by atoms with van der Waals surface area (Å²) < 4.78 is 0. The third kappa shape index (κ3) is 5.20. The minimum absolute atomic E-state index is 0.0832. The summed E-state index contributed by atoms with van der Waals surface area (Å²) in [6, 6.07) is -0.0832. The molecule has 2 aliphatic heterocycles. The third-order valence-corrected chi connectivity index (χ3v) is 5.40. The smallest absolute Gasteiger partial charge is 0.303 e. The number of carbonyl (C=O) groups excluding carboxylic acids is 1. The summed E-state index contributed by atoms with van der Waals surface area (Å²) in [4.78, 5) is 27.9. The number of hydrogen-bond donors (Lipinski definition) is 1. The lowest BCUT2D eigenvalue weighted by Crippen LogP contribution is -2.53. The zero-order valence-electron chi connectivity index (χ0n) is 14.8. The molecule has 0 aromatic heterocycles. The maximum absolute atomic E-state index is 12.9. The monoisotopic (exact) mass is 324 g/mol. The molecule has 0 saturated carbocycles. The van der Waals surface area contributed by atoms with E-state index in [1.54, 1.807) is 0 Å². The predicted molar refractivity (Wildman–Crippen MR) is 90.2 cm³/mol. The van der Waals surface area contributed by atoms with Gasteiger partial charge in [0.2, 0.25) is 5.91 Å². The van der Waals surface area contributed by atoms with Gasteiger partial charge < -0.3 is 10.0 Å². The Morgan fingerprint density at radius 3 is 2.43 bits per heavy atom. The highest BCUT2D eigenvalue weighted by molar-refractivity contribution is 5.81. The summed E-state index contributed by atoms with van der Waals surface area (Å²) in [7, 11) is 0. The Kier molecular flexibility index (Phi) is 6.45. The standard InChI is InChI=1S/C18H32N2O3/c1-13-9-14(2)11-20(10-13)18(23)15(3)19-8-4-5-16(12-19)6-7-17(21)22/h13-16H,4-12H2,1-3H3,(H,21,22). The summed E-state index contributed by atoms with van der Waals surface area (Å²) in [5.41, 5.74) is 0. The number of nitrogens with zero attached hydrogens (tertiary/aromatic N) is 2. The molecule has 1 amide bonds. The average Bonchev–Trinajstić information content (AvgIpc) is 2.51. The first-order valence-electron chi connectivity index (χ1n) is 9.11. The molecule has 2 fully saturated rings. The van der Waals surface area contributed by atoms with Gasteiger partial charge in [-0.3, -0.25) is 14.5 Å². The summed E-state index contributed by atoms with van der Waals surface area (Å²) in [5.74, 6) is 1.11. The molecule has 2 rings (SSSR count). The molecule has 2 heterocycles. The predicted octanol–water partition coefficient (Wildman–Crippen LogP) is 2.46. The fourth-order valence-electron chi connectivity index (χ4n) is 4.28. The molecule has 0 radical (unpaired) electrons. The Hall–Kier alpha value is -1.10. The fourth-order valence-corrected chi connectivity index (χ4v) is 4.28. The summed E-state index contributed by atoms with van der Waals surface area (Å²) in [5, 5.41) is 8.85. The lowest BCUT2D eigenvalue weighted by Gasteiger charge is -2.41. The molecule has 5 heteroatoms.